The zero-order chi connectivity index (χ0) is 16.4. The molecule has 1 fully saturated rings. The highest BCUT2D eigenvalue weighted by molar-refractivity contribution is 7.90. The lowest BCUT2D eigenvalue weighted by molar-refractivity contribution is 0.349. The van der Waals surface area contributed by atoms with Crippen molar-refractivity contribution in [2.75, 3.05) is 12.8 Å². The normalized spacial score (nSPS) is 22.3. The monoisotopic (exact) mass is 382 g/mol. The summed E-state index contributed by atoms with van der Waals surface area (Å²) in [6.45, 7) is 2.86. The SMILES string of the molecule is CC1NCCCC1NS(=O)(=O)c1ccc(CS(C)(=O)=O)cc1.Cl. The molecule has 9 heteroatoms. The van der Waals surface area contributed by atoms with Crippen LogP contribution in [0.4, 0.5) is 0 Å². The summed E-state index contributed by atoms with van der Waals surface area (Å²) in [7, 11) is -6.72. The fraction of sp³-hybridized carbons (Fsp3) is 0.571. The first kappa shape index (κ1) is 20.4. The van der Waals surface area contributed by atoms with Crippen LogP contribution in [0.25, 0.3) is 0 Å². The first-order valence-corrected chi connectivity index (χ1v) is 10.7. The highest BCUT2D eigenvalue weighted by Gasteiger charge is 2.26. The van der Waals surface area contributed by atoms with E-state index < -0.39 is 19.9 Å². The Hall–Kier alpha value is -0.670. The maximum absolute atomic E-state index is 12.4. The minimum absolute atomic E-state index is 0. The molecule has 0 amide bonds. The molecular formula is C14H23ClN2O4S2. The summed E-state index contributed by atoms with van der Waals surface area (Å²) < 4.78 is 50.0. The van der Waals surface area contributed by atoms with Crippen molar-refractivity contribution in [2.24, 2.45) is 0 Å². The summed E-state index contributed by atoms with van der Waals surface area (Å²) in [5, 5.41) is 3.25. The first-order valence-electron chi connectivity index (χ1n) is 7.20. The third-order valence-electron chi connectivity index (χ3n) is 3.73. The molecule has 0 saturated carbocycles. The standard InChI is InChI=1S/C14H22N2O4S2.ClH/c1-11-14(4-3-9-15-11)16-22(19,20)13-7-5-12(6-8-13)10-21(2,17)18;/h5-8,11,14-16H,3-4,9-10H2,1-2H3;1H. The van der Waals surface area contributed by atoms with Crippen LogP contribution >= 0.6 is 12.4 Å². The molecule has 0 spiro atoms. The Morgan fingerprint density at radius 2 is 1.78 bits per heavy atom. The van der Waals surface area contributed by atoms with E-state index in [0.717, 1.165) is 25.6 Å². The Labute approximate surface area is 144 Å². The van der Waals surface area contributed by atoms with Crippen LogP contribution < -0.4 is 10.0 Å². The fourth-order valence-electron chi connectivity index (χ4n) is 2.54. The lowest BCUT2D eigenvalue weighted by Gasteiger charge is -2.30. The van der Waals surface area contributed by atoms with Crippen LogP contribution in [-0.4, -0.2) is 41.7 Å². The molecule has 1 aromatic carbocycles. The molecule has 0 aromatic heterocycles. The molecule has 0 radical (unpaired) electrons. The Balaban J connectivity index is 0.00000264. The molecule has 23 heavy (non-hydrogen) atoms. The maximum atomic E-state index is 12.4. The van der Waals surface area contributed by atoms with E-state index in [-0.39, 0.29) is 35.1 Å². The van der Waals surface area contributed by atoms with Crippen LogP contribution in [-0.2, 0) is 25.6 Å². The Morgan fingerprint density at radius 1 is 1.17 bits per heavy atom. The predicted octanol–water partition coefficient (Wildman–Crippen LogP) is 1.07. The summed E-state index contributed by atoms with van der Waals surface area (Å²) in [4.78, 5) is 0.155. The second-order valence-electron chi connectivity index (χ2n) is 5.83. The van der Waals surface area contributed by atoms with Crippen molar-refractivity contribution < 1.29 is 16.8 Å². The highest BCUT2D eigenvalue weighted by atomic mass is 35.5. The van der Waals surface area contributed by atoms with Gasteiger partial charge < -0.3 is 5.32 Å². The summed E-state index contributed by atoms with van der Waals surface area (Å²) >= 11 is 0. The first-order chi connectivity index (χ1) is 10.2. The third kappa shape index (κ3) is 6.04. The van der Waals surface area contributed by atoms with Crippen molar-refractivity contribution in [3.05, 3.63) is 29.8 Å². The molecule has 1 saturated heterocycles. The molecule has 132 valence electrons. The van der Waals surface area contributed by atoms with Gasteiger partial charge in [0.2, 0.25) is 10.0 Å². The Morgan fingerprint density at radius 3 is 2.30 bits per heavy atom. The lowest BCUT2D eigenvalue weighted by atomic mass is 10.0. The van der Waals surface area contributed by atoms with E-state index >= 15 is 0 Å². The highest BCUT2D eigenvalue weighted by Crippen LogP contribution is 2.16. The van der Waals surface area contributed by atoms with Gasteiger partial charge in [0.15, 0.2) is 9.84 Å². The summed E-state index contributed by atoms with van der Waals surface area (Å²) in [5.41, 5.74) is 0.578. The van der Waals surface area contributed by atoms with Crippen molar-refractivity contribution in [1.29, 1.82) is 0 Å². The molecule has 1 aromatic rings. The van der Waals surface area contributed by atoms with Crippen molar-refractivity contribution in [3.8, 4) is 0 Å². The van der Waals surface area contributed by atoms with E-state index in [4.69, 9.17) is 0 Å². The number of piperidine rings is 1. The van der Waals surface area contributed by atoms with E-state index in [0.29, 0.717) is 5.56 Å². The van der Waals surface area contributed by atoms with Crippen LogP contribution in [0.5, 0.6) is 0 Å². The second kappa shape index (κ2) is 7.94. The fourth-order valence-corrected chi connectivity index (χ4v) is 4.69. The average molecular weight is 383 g/mol. The van der Waals surface area contributed by atoms with Crippen LogP contribution in [0, 0.1) is 0 Å². The van der Waals surface area contributed by atoms with Gasteiger partial charge in [0.1, 0.15) is 0 Å². The van der Waals surface area contributed by atoms with Crippen LogP contribution in [0.3, 0.4) is 0 Å². The Kier molecular flexibility index (Phi) is 7.03. The van der Waals surface area contributed by atoms with Gasteiger partial charge >= 0.3 is 0 Å². The van der Waals surface area contributed by atoms with Crippen LogP contribution in [0.1, 0.15) is 25.3 Å². The maximum Gasteiger partial charge on any atom is 0.240 e. The number of benzene rings is 1. The number of halogens is 1. The zero-order valence-corrected chi connectivity index (χ0v) is 15.6. The van der Waals surface area contributed by atoms with Gasteiger partial charge in [-0.2, -0.15) is 0 Å². The molecule has 1 heterocycles. The quantitative estimate of drug-likeness (QED) is 0.794. The van der Waals surface area contributed by atoms with Gasteiger partial charge in [0.05, 0.1) is 10.6 Å². The van der Waals surface area contributed by atoms with Gasteiger partial charge in [0, 0.05) is 18.3 Å². The van der Waals surface area contributed by atoms with Crippen LogP contribution in [0.15, 0.2) is 29.2 Å². The molecule has 0 aliphatic carbocycles. The van der Waals surface area contributed by atoms with E-state index in [1.165, 1.54) is 24.3 Å². The topological polar surface area (TPSA) is 92.3 Å². The predicted molar refractivity (Wildman–Crippen MR) is 93.0 cm³/mol. The minimum atomic E-state index is -3.59. The van der Waals surface area contributed by atoms with E-state index in [9.17, 15) is 16.8 Å². The van der Waals surface area contributed by atoms with E-state index in [1.54, 1.807) is 0 Å². The third-order valence-corrected chi connectivity index (χ3v) is 6.09. The van der Waals surface area contributed by atoms with Gasteiger partial charge in [-0.3, -0.25) is 0 Å². The minimum Gasteiger partial charge on any atom is -0.313 e. The van der Waals surface area contributed by atoms with Gasteiger partial charge in [-0.1, -0.05) is 12.1 Å². The van der Waals surface area contributed by atoms with Gasteiger partial charge in [-0.25, -0.2) is 21.6 Å². The van der Waals surface area contributed by atoms with E-state index in [2.05, 4.69) is 10.0 Å². The van der Waals surface area contributed by atoms with Crippen molar-refractivity contribution >= 4 is 32.3 Å². The van der Waals surface area contributed by atoms with Crippen molar-refractivity contribution in [3.63, 3.8) is 0 Å². The molecule has 2 unspecified atom stereocenters. The summed E-state index contributed by atoms with van der Waals surface area (Å²) in [5.74, 6) is -0.0929. The number of sulfone groups is 1. The zero-order valence-electron chi connectivity index (χ0n) is 13.2. The summed E-state index contributed by atoms with van der Waals surface area (Å²) in [6, 6.07) is 5.94. The van der Waals surface area contributed by atoms with Crippen molar-refractivity contribution in [2.45, 2.75) is 42.5 Å². The van der Waals surface area contributed by atoms with Gasteiger partial charge in [-0.15, -0.1) is 12.4 Å². The Bertz CT molecular complexity index is 718. The molecule has 2 rings (SSSR count). The van der Waals surface area contributed by atoms with E-state index in [1.807, 2.05) is 6.92 Å². The molecule has 0 bridgehead atoms. The summed E-state index contributed by atoms with van der Waals surface area (Å²) in [6.07, 6.45) is 2.89. The lowest BCUT2D eigenvalue weighted by Crippen LogP contribution is -2.51. The smallest absolute Gasteiger partial charge is 0.240 e. The number of hydrogen-bond donors (Lipinski definition) is 2. The number of sulfonamides is 1. The van der Waals surface area contributed by atoms with Crippen LogP contribution in [0.2, 0.25) is 0 Å². The number of rotatable bonds is 5. The van der Waals surface area contributed by atoms with Crippen molar-refractivity contribution in [1.82, 2.24) is 10.0 Å². The molecule has 2 atom stereocenters. The van der Waals surface area contributed by atoms with Gasteiger partial charge in [0.25, 0.3) is 0 Å². The molecule has 6 nitrogen and oxygen atoms in total. The second-order valence-corrected chi connectivity index (χ2v) is 9.68. The molecular weight excluding hydrogens is 360 g/mol. The average Bonchev–Trinajstić information content (AvgIpc) is 2.40. The number of hydrogen-bond acceptors (Lipinski definition) is 5. The molecule has 1 aliphatic rings. The number of nitrogens with one attached hydrogen (secondary N) is 2. The molecule has 2 N–H and O–H groups in total. The molecule has 1 aliphatic heterocycles. The van der Waals surface area contributed by atoms with Gasteiger partial charge in [-0.05, 0) is 44.0 Å². The largest absolute Gasteiger partial charge is 0.313 e.